The molecule has 3 N–H and O–H groups in total. The molecular formula is C27H24N2O5S. The van der Waals surface area contributed by atoms with Gasteiger partial charge in [0.2, 0.25) is 5.91 Å². The second-order valence-electron chi connectivity index (χ2n) is 7.74. The van der Waals surface area contributed by atoms with Crippen LogP contribution in [0, 0.1) is 0 Å². The number of rotatable bonds is 9. The fourth-order valence-electron chi connectivity index (χ4n) is 3.43. The molecule has 3 aromatic carbocycles. The van der Waals surface area contributed by atoms with Crippen molar-refractivity contribution >= 4 is 34.4 Å². The number of benzene rings is 3. The molecule has 0 aliphatic carbocycles. The van der Waals surface area contributed by atoms with Crippen LogP contribution in [0.1, 0.15) is 5.56 Å². The standard InChI is InChI=1S/C27H24N2O5S/c28-22(26(31)29-15-23(30)33-16-18-9-3-1-4-10-18)17-35-25-20-13-7-8-14-21(20)27(32)34-24(25)19-11-5-2-6-12-19/h1-14,22H,15-17,28H2,(H,29,31)/t22-/m0/s1. The first-order chi connectivity index (χ1) is 17.0. The normalized spacial score (nSPS) is 11.7. The van der Waals surface area contributed by atoms with E-state index in [1.807, 2.05) is 72.8 Å². The molecule has 0 fully saturated rings. The number of amides is 1. The molecule has 4 rings (SSSR count). The van der Waals surface area contributed by atoms with E-state index in [0.29, 0.717) is 11.1 Å². The molecule has 0 radical (unpaired) electrons. The molecule has 35 heavy (non-hydrogen) atoms. The van der Waals surface area contributed by atoms with Gasteiger partial charge >= 0.3 is 11.6 Å². The molecule has 4 aromatic rings. The molecule has 0 saturated heterocycles. The molecule has 0 saturated carbocycles. The van der Waals surface area contributed by atoms with Crippen LogP contribution in [0.15, 0.2) is 99.0 Å². The fraction of sp³-hybridized carbons (Fsp3) is 0.148. The maximum absolute atomic E-state index is 12.6. The van der Waals surface area contributed by atoms with Crippen molar-refractivity contribution in [1.29, 1.82) is 0 Å². The van der Waals surface area contributed by atoms with Crippen molar-refractivity contribution in [2.45, 2.75) is 17.5 Å². The SMILES string of the molecule is N[C@@H](CSc1c(-c2ccccc2)oc(=O)c2ccccc12)C(=O)NCC(=O)OCc1ccccc1. The first-order valence-electron chi connectivity index (χ1n) is 11.0. The Bertz CT molecular complexity index is 1370. The van der Waals surface area contributed by atoms with Crippen LogP contribution >= 0.6 is 11.8 Å². The lowest BCUT2D eigenvalue weighted by atomic mass is 10.1. The summed E-state index contributed by atoms with van der Waals surface area (Å²) in [7, 11) is 0. The highest BCUT2D eigenvalue weighted by molar-refractivity contribution is 7.99. The maximum Gasteiger partial charge on any atom is 0.344 e. The summed E-state index contributed by atoms with van der Waals surface area (Å²) in [6.45, 7) is -0.144. The molecule has 7 nitrogen and oxygen atoms in total. The Morgan fingerprint density at radius 2 is 1.54 bits per heavy atom. The summed E-state index contributed by atoms with van der Waals surface area (Å²) in [4.78, 5) is 37.7. The first-order valence-corrected chi connectivity index (χ1v) is 12.0. The van der Waals surface area contributed by atoms with E-state index in [4.69, 9.17) is 14.9 Å². The number of nitrogens with one attached hydrogen (secondary N) is 1. The van der Waals surface area contributed by atoms with Gasteiger partial charge in [0.05, 0.1) is 16.3 Å². The smallest absolute Gasteiger partial charge is 0.344 e. The Morgan fingerprint density at radius 3 is 2.26 bits per heavy atom. The van der Waals surface area contributed by atoms with Crippen molar-refractivity contribution in [2.75, 3.05) is 12.3 Å². The third-order valence-electron chi connectivity index (χ3n) is 5.22. The lowest BCUT2D eigenvalue weighted by Gasteiger charge is -2.15. The third kappa shape index (κ3) is 6.17. The summed E-state index contributed by atoms with van der Waals surface area (Å²) in [5, 5.41) is 3.70. The van der Waals surface area contributed by atoms with Crippen LogP contribution < -0.4 is 16.7 Å². The molecule has 0 spiro atoms. The van der Waals surface area contributed by atoms with E-state index >= 15 is 0 Å². The van der Waals surface area contributed by atoms with E-state index in [9.17, 15) is 14.4 Å². The minimum absolute atomic E-state index is 0.131. The lowest BCUT2D eigenvalue weighted by Crippen LogP contribution is -2.44. The minimum Gasteiger partial charge on any atom is -0.460 e. The zero-order valence-corrected chi connectivity index (χ0v) is 19.6. The summed E-state index contributed by atoms with van der Waals surface area (Å²) in [6.07, 6.45) is 0. The van der Waals surface area contributed by atoms with Crippen molar-refractivity contribution in [2.24, 2.45) is 5.73 Å². The highest BCUT2D eigenvalue weighted by Crippen LogP contribution is 2.36. The minimum atomic E-state index is -0.892. The van der Waals surface area contributed by atoms with E-state index in [-0.39, 0.29) is 18.9 Å². The predicted molar refractivity (Wildman–Crippen MR) is 136 cm³/mol. The van der Waals surface area contributed by atoms with Crippen LogP contribution in [0.2, 0.25) is 0 Å². The number of carbonyl (C=O) groups excluding carboxylic acids is 2. The predicted octanol–water partition coefficient (Wildman–Crippen LogP) is 3.74. The van der Waals surface area contributed by atoms with Crippen molar-refractivity contribution in [3.8, 4) is 11.3 Å². The summed E-state index contributed by atoms with van der Waals surface area (Å²) >= 11 is 1.32. The van der Waals surface area contributed by atoms with E-state index in [2.05, 4.69) is 5.32 Å². The summed E-state index contributed by atoms with van der Waals surface area (Å²) in [5.41, 5.74) is 7.28. The van der Waals surface area contributed by atoms with Gasteiger partial charge in [-0.05, 0) is 11.6 Å². The van der Waals surface area contributed by atoms with Gasteiger partial charge in [-0.3, -0.25) is 9.59 Å². The van der Waals surface area contributed by atoms with Crippen molar-refractivity contribution in [3.63, 3.8) is 0 Å². The average Bonchev–Trinajstić information content (AvgIpc) is 2.90. The number of hydrogen-bond donors (Lipinski definition) is 2. The van der Waals surface area contributed by atoms with Gasteiger partial charge in [0.15, 0.2) is 5.76 Å². The quantitative estimate of drug-likeness (QED) is 0.273. The zero-order chi connectivity index (χ0) is 24.6. The molecule has 1 amide bonds. The molecular weight excluding hydrogens is 464 g/mol. The van der Waals surface area contributed by atoms with Gasteiger partial charge in [-0.2, -0.15) is 0 Å². The van der Waals surface area contributed by atoms with Gasteiger partial charge in [-0.1, -0.05) is 78.9 Å². The molecule has 0 aliphatic rings. The van der Waals surface area contributed by atoms with Crippen LogP contribution in [0.25, 0.3) is 22.1 Å². The van der Waals surface area contributed by atoms with Crippen LogP contribution in [-0.4, -0.2) is 30.2 Å². The Morgan fingerprint density at radius 1 is 0.914 bits per heavy atom. The zero-order valence-electron chi connectivity index (χ0n) is 18.8. The highest BCUT2D eigenvalue weighted by atomic mass is 32.2. The Labute approximate surface area is 206 Å². The third-order valence-corrected chi connectivity index (χ3v) is 6.44. The second-order valence-corrected chi connectivity index (χ2v) is 8.77. The fourth-order valence-corrected chi connectivity index (χ4v) is 4.55. The lowest BCUT2D eigenvalue weighted by molar-refractivity contribution is -0.145. The van der Waals surface area contributed by atoms with Gasteiger partial charge in [0.1, 0.15) is 13.2 Å². The number of fused-ring (bicyclic) bond motifs is 1. The van der Waals surface area contributed by atoms with Gasteiger partial charge in [0.25, 0.3) is 0 Å². The number of ether oxygens (including phenoxy) is 1. The summed E-state index contributed by atoms with van der Waals surface area (Å²) < 4.78 is 10.8. The Balaban J connectivity index is 1.41. The molecule has 0 unspecified atom stereocenters. The second kappa shape index (κ2) is 11.5. The number of carbonyl (C=O) groups is 2. The van der Waals surface area contributed by atoms with E-state index in [1.165, 1.54) is 11.8 Å². The molecule has 8 heteroatoms. The van der Waals surface area contributed by atoms with Crippen molar-refractivity contribution in [3.05, 3.63) is 101 Å². The van der Waals surface area contributed by atoms with Gasteiger partial charge in [0, 0.05) is 16.7 Å². The topological polar surface area (TPSA) is 112 Å². The summed E-state index contributed by atoms with van der Waals surface area (Å²) in [5.74, 6) is -0.389. The van der Waals surface area contributed by atoms with Gasteiger partial charge in [-0.15, -0.1) is 11.8 Å². The van der Waals surface area contributed by atoms with Crippen LogP contribution in [-0.2, 0) is 20.9 Å². The molecule has 1 aromatic heterocycles. The van der Waals surface area contributed by atoms with Gasteiger partial charge in [-0.25, -0.2) is 4.79 Å². The van der Waals surface area contributed by atoms with Crippen LogP contribution in [0.3, 0.4) is 0 Å². The number of hydrogen-bond acceptors (Lipinski definition) is 7. The van der Waals surface area contributed by atoms with Crippen molar-refractivity contribution < 1.29 is 18.7 Å². The Hall–Kier alpha value is -3.88. The molecule has 1 heterocycles. The molecule has 1 atom stereocenters. The average molecular weight is 489 g/mol. The van der Waals surface area contributed by atoms with Crippen LogP contribution in [0.5, 0.6) is 0 Å². The highest BCUT2D eigenvalue weighted by Gasteiger charge is 2.20. The molecule has 178 valence electrons. The van der Waals surface area contributed by atoms with Gasteiger partial charge < -0.3 is 20.2 Å². The summed E-state index contributed by atoms with van der Waals surface area (Å²) in [6, 6.07) is 24.8. The van der Waals surface area contributed by atoms with E-state index in [0.717, 1.165) is 21.4 Å². The first kappa shape index (κ1) is 24.3. The number of thioether (sulfide) groups is 1. The molecule has 0 bridgehead atoms. The van der Waals surface area contributed by atoms with Crippen LogP contribution in [0.4, 0.5) is 0 Å². The van der Waals surface area contributed by atoms with E-state index in [1.54, 1.807) is 12.1 Å². The van der Waals surface area contributed by atoms with Crippen molar-refractivity contribution in [1.82, 2.24) is 5.32 Å². The molecule has 0 aliphatic heterocycles. The number of esters is 1. The Kier molecular flexibility index (Phi) is 7.97. The van der Waals surface area contributed by atoms with E-state index < -0.39 is 23.5 Å². The monoisotopic (exact) mass is 488 g/mol. The number of nitrogens with two attached hydrogens (primary N) is 1. The maximum atomic E-state index is 12.6. The largest absolute Gasteiger partial charge is 0.460 e.